The van der Waals surface area contributed by atoms with Crippen molar-refractivity contribution >= 4 is 28.9 Å². The molecule has 0 spiro atoms. The number of benzene rings is 2. The van der Waals surface area contributed by atoms with Crippen LogP contribution in [0.3, 0.4) is 0 Å². The Hall–Kier alpha value is -1.45. The van der Waals surface area contributed by atoms with Crippen molar-refractivity contribution in [1.82, 2.24) is 0 Å². The van der Waals surface area contributed by atoms with Crippen molar-refractivity contribution in [3.8, 4) is 5.75 Å². The molecule has 0 saturated carbocycles. The second-order valence-electron chi connectivity index (χ2n) is 3.94. The lowest BCUT2D eigenvalue weighted by Gasteiger charge is -2.10. The Morgan fingerprint density at radius 3 is 2.63 bits per heavy atom. The number of hydrogen-bond acceptors (Lipinski definition) is 2. The average Bonchev–Trinajstić information content (AvgIpc) is 2.40. The molecule has 0 aliphatic rings. The zero-order valence-electron chi connectivity index (χ0n) is 10.2. The lowest BCUT2D eigenvalue weighted by atomic mass is 10.2. The van der Waals surface area contributed by atoms with E-state index in [1.807, 2.05) is 0 Å². The van der Waals surface area contributed by atoms with E-state index < -0.39 is 5.82 Å². The van der Waals surface area contributed by atoms with Gasteiger partial charge >= 0.3 is 0 Å². The van der Waals surface area contributed by atoms with Gasteiger partial charge in [0.1, 0.15) is 0 Å². The number of ether oxygens (including phenoxy) is 1. The van der Waals surface area contributed by atoms with Crippen molar-refractivity contribution < 1.29 is 9.13 Å². The van der Waals surface area contributed by atoms with Crippen LogP contribution in [0.25, 0.3) is 0 Å². The first kappa shape index (κ1) is 14.0. The van der Waals surface area contributed by atoms with Gasteiger partial charge in [-0.15, -0.1) is 0 Å². The predicted molar refractivity (Wildman–Crippen MR) is 76.7 cm³/mol. The van der Waals surface area contributed by atoms with E-state index in [-0.39, 0.29) is 5.75 Å². The lowest BCUT2D eigenvalue weighted by Crippen LogP contribution is -2.01. The highest BCUT2D eigenvalue weighted by atomic mass is 35.5. The average molecular weight is 300 g/mol. The minimum absolute atomic E-state index is 0.214. The fraction of sp³-hybridized carbons (Fsp3) is 0.143. The molecular weight excluding hydrogens is 288 g/mol. The highest BCUT2D eigenvalue weighted by Crippen LogP contribution is 2.24. The van der Waals surface area contributed by atoms with Crippen molar-refractivity contribution in [3.05, 3.63) is 57.8 Å². The maximum atomic E-state index is 13.5. The molecule has 0 atom stereocenters. The molecule has 0 fully saturated rings. The summed E-state index contributed by atoms with van der Waals surface area (Å²) in [6.07, 6.45) is 0. The second kappa shape index (κ2) is 6.13. The van der Waals surface area contributed by atoms with Gasteiger partial charge in [0, 0.05) is 28.3 Å². The van der Waals surface area contributed by atoms with Gasteiger partial charge in [-0.25, -0.2) is 4.39 Å². The summed E-state index contributed by atoms with van der Waals surface area (Å²) in [6.45, 7) is 0.463. The van der Waals surface area contributed by atoms with E-state index in [4.69, 9.17) is 27.9 Å². The van der Waals surface area contributed by atoms with E-state index in [9.17, 15) is 4.39 Å². The Kier molecular flexibility index (Phi) is 4.51. The number of rotatable bonds is 4. The van der Waals surface area contributed by atoms with Crippen LogP contribution in [0.1, 0.15) is 5.56 Å². The summed E-state index contributed by atoms with van der Waals surface area (Å²) in [5, 5.41) is 4.31. The third-order valence-electron chi connectivity index (χ3n) is 2.64. The Balaban J connectivity index is 2.10. The normalized spacial score (nSPS) is 10.3. The quantitative estimate of drug-likeness (QED) is 0.879. The molecule has 0 amide bonds. The first-order chi connectivity index (χ1) is 9.10. The monoisotopic (exact) mass is 299 g/mol. The zero-order valence-corrected chi connectivity index (χ0v) is 11.7. The summed E-state index contributed by atoms with van der Waals surface area (Å²) >= 11 is 11.9. The molecule has 0 saturated heterocycles. The van der Waals surface area contributed by atoms with Gasteiger partial charge in [-0.05, 0) is 35.9 Å². The largest absolute Gasteiger partial charge is 0.494 e. The van der Waals surface area contributed by atoms with Crippen molar-refractivity contribution in [2.75, 3.05) is 12.4 Å². The van der Waals surface area contributed by atoms with Crippen molar-refractivity contribution in [3.63, 3.8) is 0 Å². The van der Waals surface area contributed by atoms with Gasteiger partial charge in [0.15, 0.2) is 11.6 Å². The Bertz CT molecular complexity index is 590. The van der Waals surface area contributed by atoms with Crippen LogP contribution < -0.4 is 10.1 Å². The van der Waals surface area contributed by atoms with Crippen LogP contribution in [0, 0.1) is 5.82 Å². The van der Waals surface area contributed by atoms with Crippen LogP contribution in [0.15, 0.2) is 36.4 Å². The third-order valence-corrected chi connectivity index (χ3v) is 3.25. The molecular formula is C14H12Cl2FNO. The van der Waals surface area contributed by atoms with E-state index >= 15 is 0 Å². The van der Waals surface area contributed by atoms with Gasteiger partial charge in [-0.3, -0.25) is 0 Å². The Morgan fingerprint density at radius 1 is 1.16 bits per heavy atom. The van der Waals surface area contributed by atoms with Gasteiger partial charge in [0.25, 0.3) is 0 Å². The van der Waals surface area contributed by atoms with E-state index in [0.717, 1.165) is 5.56 Å². The summed E-state index contributed by atoms with van der Waals surface area (Å²) in [7, 11) is 1.43. The molecule has 100 valence electrons. The van der Waals surface area contributed by atoms with Crippen LogP contribution >= 0.6 is 23.2 Å². The highest BCUT2D eigenvalue weighted by molar-refractivity contribution is 6.33. The molecule has 0 aliphatic heterocycles. The van der Waals surface area contributed by atoms with Crippen LogP contribution in [-0.2, 0) is 6.54 Å². The van der Waals surface area contributed by atoms with Gasteiger partial charge < -0.3 is 10.1 Å². The Labute approximate surface area is 121 Å². The van der Waals surface area contributed by atoms with Crippen LogP contribution in [0.5, 0.6) is 5.75 Å². The third kappa shape index (κ3) is 3.52. The van der Waals surface area contributed by atoms with Crippen molar-refractivity contribution in [2.24, 2.45) is 0 Å². The Morgan fingerprint density at radius 2 is 1.95 bits per heavy atom. The number of hydrogen-bond donors (Lipinski definition) is 1. The molecule has 0 bridgehead atoms. The molecule has 2 aromatic rings. The number of anilines is 1. The van der Waals surface area contributed by atoms with Crippen molar-refractivity contribution in [2.45, 2.75) is 6.54 Å². The summed E-state index contributed by atoms with van der Waals surface area (Å²) in [5.74, 6) is -0.198. The number of methoxy groups -OCH3 is 1. The molecule has 0 radical (unpaired) electrons. The van der Waals surface area contributed by atoms with Crippen molar-refractivity contribution in [1.29, 1.82) is 0 Å². The van der Waals surface area contributed by atoms with E-state index in [1.165, 1.54) is 13.2 Å². The van der Waals surface area contributed by atoms with Gasteiger partial charge in [-0.1, -0.05) is 23.2 Å². The summed E-state index contributed by atoms with van der Waals surface area (Å²) in [6, 6.07) is 9.90. The minimum Gasteiger partial charge on any atom is -0.494 e. The van der Waals surface area contributed by atoms with Crippen LogP contribution in [-0.4, -0.2) is 7.11 Å². The van der Waals surface area contributed by atoms with Gasteiger partial charge in [-0.2, -0.15) is 0 Å². The lowest BCUT2D eigenvalue weighted by molar-refractivity contribution is 0.386. The molecule has 19 heavy (non-hydrogen) atoms. The molecule has 0 heterocycles. The maximum Gasteiger partial charge on any atom is 0.167 e. The molecule has 2 rings (SSSR count). The molecule has 2 aromatic carbocycles. The standard InChI is InChI=1S/C14H12Cl2FNO/c1-19-14-5-3-11(7-13(14)17)18-8-9-6-10(15)2-4-12(9)16/h2-7,18H,8H2,1H3. The molecule has 0 aromatic heterocycles. The van der Waals surface area contributed by atoms with E-state index in [1.54, 1.807) is 30.3 Å². The van der Waals surface area contributed by atoms with E-state index in [2.05, 4.69) is 5.32 Å². The summed E-state index contributed by atoms with van der Waals surface area (Å²) in [4.78, 5) is 0. The minimum atomic E-state index is -0.412. The molecule has 0 unspecified atom stereocenters. The first-order valence-corrected chi connectivity index (χ1v) is 6.37. The fourth-order valence-electron chi connectivity index (χ4n) is 1.65. The predicted octanol–water partition coefficient (Wildman–Crippen LogP) is 4.75. The summed E-state index contributed by atoms with van der Waals surface area (Å²) < 4.78 is 18.4. The smallest absolute Gasteiger partial charge is 0.167 e. The first-order valence-electron chi connectivity index (χ1n) is 5.61. The highest BCUT2D eigenvalue weighted by Gasteiger charge is 2.05. The maximum absolute atomic E-state index is 13.5. The summed E-state index contributed by atoms with van der Waals surface area (Å²) in [5.41, 5.74) is 1.50. The molecule has 1 N–H and O–H groups in total. The second-order valence-corrected chi connectivity index (χ2v) is 4.78. The molecule has 2 nitrogen and oxygen atoms in total. The SMILES string of the molecule is COc1ccc(NCc2cc(Cl)ccc2Cl)cc1F. The fourth-order valence-corrected chi connectivity index (χ4v) is 2.03. The zero-order chi connectivity index (χ0) is 13.8. The van der Waals surface area contributed by atoms with Crippen LogP contribution in [0.2, 0.25) is 10.0 Å². The van der Waals surface area contributed by atoms with Gasteiger partial charge in [0.05, 0.1) is 7.11 Å². The van der Waals surface area contributed by atoms with E-state index in [0.29, 0.717) is 22.3 Å². The topological polar surface area (TPSA) is 21.3 Å². The molecule has 5 heteroatoms. The number of halogens is 3. The van der Waals surface area contributed by atoms with Gasteiger partial charge in [0.2, 0.25) is 0 Å². The van der Waals surface area contributed by atoms with Crippen LogP contribution in [0.4, 0.5) is 10.1 Å². The molecule has 0 aliphatic carbocycles. The number of nitrogens with one attached hydrogen (secondary N) is 1.